The van der Waals surface area contributed by atoms with E-state index in [0.29, 0.717) is 13.1 Å². The molecular formula is C11H15ClN4O3. The van der Waals surface area contributed by atoms with Gasteiger partial charge in [0.1, 0.15) is 5.69 Å². The number of aliphatic hydroxyl groups is 1. The Bertz CT molecular complexity index is 509. The van der Waals surface area contributed by atoms with Crippen molar-refractivity contribution in [2.75, 3.05) is 18.0 Å². The van der Waals surface area contributed by atoms with Gasteiger partial charge in [0.25, 0.3) is 0 Å². The molecule has 1 fully saturated rings. The predicted molar refractivity (Wildman–Crippen MR) is 70.4 cm³/mol. The summed E-state index contributed by atoms with van der Waals surface area (Å²) in [5.74, 6) is 0.333. The molecule has 1 N–H and O–H groups in total. The first-order chi connectivity index (χ1) is 8.90. The van der Waals surface area contributed by atoms with Crippen molar-refractivity contribution in [3.05, 3.63) is 21.1 Å². The molecule has 104 valence electrons. The van der Waals surface area contributed by atoms with Crippen molar-refractivity contribution in [2.45, 2.75) is 26.4 Å². The number of aryl methyl sites for hydroxylation is 1. The molecule has 2 atom stereocenters. The van der Waals surface area contributed by atoms with Crippen LogP contribution in [0.15, 0.2) is 0 Å². The molecule has 0 aromatic carbocycles. The highest BCUT2D eigenvalue weighted by Crippen LogP contribution is 2.33. The normalized spacial score (nSPS) is 20.6. The maximum Gasteiger partial charge on any atom is 0.332 e. The highest BCUT2D eigenvalue weighted by atomic mass is 35.5. The van der Waals surface area contributed by atoms with Gasteiger partial charge in [-0.3, -0.25) is 10.1 Å². The summed E-state index contributed by atoms with van der Waals surface area (Å²) < 4.78 is 0. The molecule has 1 saturated heterocycles. The Morgan fingerprint density at radius 2 is 2.26 bits per heavy atom. The molecule has 0 radical (unpaired) electrons. The summed E-state index contributed by atoms with van der Waals surface area (Å²) in [4.78, 5) is 20.2. The summed E-state index contributed by atoms with van der Waals surface area (Å²) in [5, 5.41) is 20.7. The quantitative estimate of drug-likeness (QED) is 0.515. The number of nitro groups is 1. The van der Waals surface area contributed by atoms with Gasteiger partial charge in [0.2, 0.25) is 11.1 Å². The van der Waals surface area contributed by atoms with Crippen LogP contribution in [-0.2, 0) is 0 Å². The van der Waals surface area contributed by atoms with Gasteiger partial charge >= 0.3 is 5.69 Å². The van der Waals surface area contributed by atoms with Crippen LogP contribution in [0.2, 0.25) is 5.28 Å². The van der Waals surface area contributed by atoms with Gasteiger partial charge in [-0.15, -0.1) is 0 Å². The monoisotopic (exact) mass is 286 g/mol. The van der Waals surface area contributed by atoms with Crippen LogP contribution in [0, 0.1) is 23.0 Å². The lowest BCUT2D eigenvalue weighted by Gasteiger charge is -2.18. The first-order valence-electron chi connectivity index (χ1n) is 6.01. The zero-order valence-electron chi connectivity index (χ0n) is 10.7. The first-order valence-corrected chi connectivity index (χ1v) is 6.39. The second-order valence-electron chi connectivity index (χ2n) is 4.74. The molecule has 0 bridgehead atoms. The van der Waals surface area contributed by atoms with Gasteiger partial charge in [-0.05, 0) is 31.9 Å². The smallest absolute Gasteiger partial charge is 0.332 e. The lowest BCUT2D eigenvalue weighted by molar-refractivity contribution is -0.385. The van der Waals surface area contributed by atoms with Crippen LogP contribution < -0.4 is 4.90 Å². The van der Waals surface area contributed by atoms with Crippen molar-refractivity contribution in [1.82, 2.24) is 9.97 Å². The van der Waals surface area contributed by atoms with Gasteiger partial charge < -0.3 is 10.0 Å². The van der Waals surface area contributed by atoms with E-state index < -0.39 is 11.0 Å². The third-order valence-corrected chi connectivity index (χ3v) is 3.57. The number of anilines is 1. The number of nitrogens with zero attached hydrogens (tertiary/aromatic N) is 4. The van der Waals surface area contributed by atoms with E-state index in [1.807, 2.05) is 0 Å². The van der Waals surface area contributed by atoms with E-state index in [1.54, 1.807) is 11.8 Å². The Morgan fingerprint density at radius 1 is 1.58 bits per heavy atom. The number of rotatable bonds is 3. The molecule has 0 amide bonds. The van der Waals surface area contributed by atoms with Gasteiger partial charge in [0.15, 0.2) is 0 Å². The van der Waals surface area contributed by atoms with Crippen molar-refractivity contribution in [2.24, 2.45) is 5.92 Å². The molecule has 1 aromatic heterocycles. The van der Waals surface area contributed by atoms with E-state index in [0.717, 1.165) is 6.42 Å². The molecule has 0 saturated carbocycles. The minimum Gasteiger partial charge on any atom is -0.393 e. The van der Waals surface area contributed by atoms with Crippen molar-refractivity contribution in [1.29, 1.82) is 0 Å². The maximum absolute atomic E-state index is 11.1. The van der Waals surface area contributed by atoms with Gasteiger partial charge in [0, 0.05) is 19.0 Å². The molecule has 1 aromatic rings. The minimum atomic E-state index is -0.489. The van der Waals surface area contributed by atoms with Gasteiger partial charge in [0.05, 0.1) is 11.0 Å². The topological polar surface area (TPSA) is 92.4 Å². The standard InChI is InChI=1S/C11H15ClN4O3/c1-6-9(16(18)19)10(14-11(12)13-6)15-4-3-8(5-15)7(2)17/h7-8,17H,3-5H2,1-2H3. The molecule has 2 unspecified atom stereocenters. The molecule has 19 heavy (non-hydrogen) atoms. The molecule has 0 spiro atoms. The summed E-state index contributed by atoms with van der Waals surface area (Å²) in [6.45, 7) is 4.41. The molecule has 1 aliphatic rings. The maximum atomic E-state index is 11.1. The lowest BCUT2D eigenvalue weighted by atomic mass is 10.0. The van der Waals surface area contributed by atoms with E-state index in [-0.39, 0.29) is 28.4 Å². The van der Waals surface area contributed by atoms with Gasteiger partial charge in [-0.25, -0.2) is 4.98 Å². The Labute approximate surface area is 115 Å². The molecule has 0 aliphatic carbocycles. The van der Waals surface area contributed by atoms with Crippen molar-refractivity contribution in [3.63, 3.8) is 0 Å². The van der Waals surface area contributed by atoms with Crippen LogP contribution in [0.5, 0.6) is 0 Å². The predicted octanol–water partition coefficient (Wildman–Crippen LogP) is 1.55. The summed E-state index contributed by atoms with van der Waals surface area (Å²) in [6.07, 6.45) is 0.331. The summed E-state index contributed by atoms with van der Waals surface area (Å²) in [6, 6.07) is 0. The number of hydrogen-bond acceptors (Lipinski definition) is 6. The molecule has 8 heteroatoms. The number of halogens is 1. The van der Waals surface area contributed by atoms with Crippen LogP contribution in [0.4, 0.5) is 11.5 Å². The molecule has 1 aliphatic heterocycles. The van der Waals surface area contributed by atoms with Gasteiger partial charge in [-0.2, -0.15) is 4.98 Å². The fourth-order valence-electron chi connectivity index (χ4n) is 2.33. The fraction of sp³-hybridized carbons (Fsp3) is 0.636. The second kappa shape index (κ2) is 5.26. The zero-order chi connectivity index (χ0) is 14.2. The third kappa shape index (κ3) is 2.76. The molecule has 2 heterocycles. The Morgan fingerprint density at radius 3 is 2.79 bits per heavy atom. The van der Waals surface area contributed by atoms with Crippen LogP contribution >= 0.6 is 11.6 Å². The largest absolute Gasteiger partial charge is 0.393 e. The van der Waals surface area contributed by atoms with E-state index in [1.165, 1.54) is 6.92 Å². The van der Waals surface area contributed by atoms with E-state index in [4.69, 9.17) is 11.6 Å². The third-order valence-electron chi connectivity index (χ3n) is 3.40. The minimum absolute atomic E-state index is 0.00130. The lowest BCUT2D eigenvalue weighted by Crippen LogP contribution is -2.25. The Balaban J connectivity index is 2.37. The number of aliphatic hydroxyl groups excluding tert-OH is 1. The summed E-state index contributed by atoms with van der Waals surface area (Å²) >= 11 is 5.78. The van der Waals surface area contributed by atoms with Gasteiger partial charge in [-0.1, -0.05) is 0 Å². The molecule has 2 rings (SSSR count). The van der Waals surface area contributed by atoms with E-state index in [2.05, 4.69) is 9.97 Å². The first kappa shape index (κ1) is 14.0. The highest BCUT2D eigenvalue weighted by molar-refractivity contribution is 6.28. The fourth-order valence-corrected chi connectivity index (χ4v) is 2.53. The zero-order valence-corrected chi connectivity index (χ0v) is 11.5. The van der Waals surface area contributed by atoms with Crippen molar-refractivity contribution >= 4 is 23.1 Å². The SMILES string of the molecule is Cc1nc(Cl)nc(N2CCC(C(C)O)C2)c1[N+](=O)[O-]. The number of hydrogen-bond donors (Lipinski definition) is 1. The Kier molecular flexibility index (Phi) is 3.86. The number of aromatic nitrogens is 2. The summed E-state index contributed by atoms with van der Waals surface area (Å²) in [7, 11) is 0. The second-order valence-corrected chi connectivity index (χ2v) is 5.08. The van der Waals surface area contributed by atoms with Crippen molar-refractivity contribution < 1.29 is 10.0 Å². The van der Waals surface area contributed by atoms with Crippen LogP contribution in [0.25, 0.3) is 0 Å². The average Bonchev–Trinajstić information content (AvgIpc) is 2.76. The van der Waals surface area contributed by atoms with Crippen molar-refractivity contribution in [3.8, 4) is 0 Å². The van der Waals surface area contributed by atoms with Crippen LogP contribution in [-0.4, -0.2) is 39.2 Å². The Hall–Kier alpha value is -1.47. The van der Waals surface area contributed by atoms with Crippen LogP contribution in [0.3, 0.4) is 0 Å². The van der Waals surface area contributed by atoms with E-state index >= 15 is 0 Å². The summed E-state index contributed by atoms with van der Waals surface area (Å²) in [5.41, 5.74) is 0.135. The highest BCUT2D eigenvalue weighted by Gasteiger charge is 2.32. The molecule has 7 nitrogen and oxygen atoms in total. The average molecular weight is 287 g/mol. The van der Waals surface area contributed by atoms with Crippen LogP contribution in [0.1, 0.15) is 19.0 Å². The molecular weight excluding hydrogens is 272 g/mol. The van der Waals surface area contributed by atoms with E-state index in [9.17, 15) is 15.2 Å².